The summed E-state index contributed by atoms with van der Waals surface area (Å²) in [7, 11) is 0. The fraction of sp³-hybridized carbons (Fsp3) is 1.00. The van der Waals surface area contributed by atoms with E-state index in [-0.39, 0.29) is 0 Å². The molecule has 0 aromatic carbocycles. The Bertz CT molecular complexity index is 37.3. The summed E-state index contributed by atoms with van der Waals surface area (Å²) in [5.41, 5.74) is 3.72. The molecule has 0 bridgehead atoms. The summed E-state index contributed by atoms with van der Waals surface area (Å²) in [5.74, 6) is 0. The third-order valence-corrected chi connectivity index (χ3v) is 3.96. The predicted molar refractivity (Wildman–Crippen MR) is 28.0 cm³/mol. The molecule has 1 radical (unpaired) electrons. The zero-order valence-corrected chi connectivity index (χ0v) is 6.44. The Kier molecular flexibility index (Phi) is 2.17. The Morgan fingerprint density at radius 3 is 1.67 bits per heavy atom. The number of rotatable bonds is 1. The monoisotopic (exact) mass is 150 g/mol. The van der Waals surface area contributed by atoms with Crippen molar-refractivity contribution in [2.24, 2.45) is 0 Å². The maximum absolute atomic E-state index is 10.6. The van der Waals surface area contributed by atoms with Crippen molar-refractivity contribution in [3.8, 4) is 0 Å². The molecular weight excluding hydrogens is 139 g/mol. The van der Waals surface area contributed by atoms with E-state index in [4.69, 9.17) is 0 Å². The first-order valence-electron chi connectivity index (χ1n) is 2.10. The van der Waals surface area contributed by atoms with Gasteiger partial charge in [0, 0.05) is 0 Å². The van der Waals surface area contributed by atoms with Gasteiger partial charge >= 0.3 is 41.5 Å². The van der Waals surface area contributed by atoms with E-state index in [0.717, 1.165) is 5.21 Å². The van der Waals surface area contributed by atoms with Crippen LogP contribution in [0.3, 0.4) is 0 Å². The molecule has 39 valence electrons. The Labute approximate surface area is 42.2 Å². The second-order valence-electron chi connectivity index (χ2n) is 1.89. The molecule has 6 heavy (non-hydrogen) atoms. The molecule has 0 fully saturated rings. The van der Waals surface area contributed by atoms with Crippen LogP contribution in [0.15, 0.2) is 0 Å². The fourth-order valence-electron chi connectivity index (χ4n) is 0. The van der Waals surface area contributed by atoms with Crippen LogP contribution < -0.4 is 4.10 Å². The molecule has 0 N–H and O–H groups in total. The molecule has 0 aliphatic heterocycles. The molecule has 0 aromatic heterocycles. The van der Waals surface area contributed by atoms with Crippen LogP contribution in [0.2, 0.25) is 16.6 Å². The Morgan fingerprint density at radius 2 is 1.67 bits per heavy atom. The molecule has 0 spiro atoms. The molecule has 0 amide bonds. The van der Waals surface area contributed by atoms with Crippen molar-refractivity contribution in [2.75, 3.05) is 0 Å². The van der Waals surface area contributed by atoms with Crippen LogP contribution in [0.1, 0.15) is 6.92 Å². The Morgan fingerprint density at radius 1 is 1.50 bits per heavy atom. The average molecular weight is 150 g/mol. The van der Waals surface area contributed by atoms with E-state index in [1.807, 2.05) is 18.3 Å². The number of hydrogen-bond donors (Lipinski definition) is 0. The summed E-state index contributed by atoms with van der Waals surface area (Å²) in [6.07, 6.45) is 0. The predicted octanol–water partition coefficient (Wildman–Crippen LogP) is 0.572. The Hall–Kier alpha value is 0.518. The van der Waals surface area contributed by atoms with Gasteiger partial charge in [-0.25, -0.2) is 0 Å². The average Bonchev–Trinajstić information content (AvgIpc) is 1.35. The van der Waals surface area contributed by atoms with E-state index >= 15 is 0 Å². The SMILES string of the molecule is CC[As](C)(C)[O-]. The molecule has 0 heterocycles. The van der Waals surface area contributed by atoms with Crippen molar-refractivity contribution in [3.63, 3.8) is 0 Å². The van der Waals surface area contributed by atoms with Gasteiger partial charge in [-0.3, -0.25) is 0 Å². The van der Waals surface area contributed by atoms with Gasteiger partial charge in [0.2, 0.25) is 0 Å². The Balaban J connectivity index is 3.17. The van der Waals surface area contributed by atoms with Crippen LogP contribution in [0.4, 0.5) is 0 Å². The maximum atomic E-state index is 10.6. The summed E-state index contributed by atoms with van der Waals surface area (Å²) in [5, 5.41) is 0.887. The van der Waals surface area contributed by atoms with Crippen molar-refractivity contribution >= 4 is 13.9 Å². The van der Waals surface area contributed by atoms with Crippen molar-refractivity contribution < 1.29 is 4.10 Å². The van der Waals surface area contributed by atoms with Crippen molar-refractivity contribution in [1.29, 1.82) is 0 Å². The molecule has 2 heteroatoms. The summed E-state index contributed by atoms with van der Waals surface area (Å²) in [4.78, 5) is 0. The minimum absolute atomic E-state index is 0.887. The van der Waals surface area contributed by atoms with Gasteiger partial charge in [0.15, 0.2) is 0 Å². The molecule has 0 aliphatic rings. The van der Waals surface area contributed by atoms with Crippen LogP contribution in [0.5, 0.6) is 0 Å². The molecular formula is C4H11AsO-. The molecule has 0 unspecified atom stereocenters. The first-order chi connectivity index (χ1) is 2.56. The van der Waals surface area contributed by atoms with Crippen LogP contribution in [-0.4, -0.2) is 13.9 Å². The molecule has 1 nitrogen and oxygen atoms in total. The molecule has 0 rings (SSSR count). The van der Waals surface area contributed by atoms with Gasteiger partial charge in [0.25, 0.3) is 0 Å². The molecule has 0 aliphatic carbocycles. The van der Waals surface area contributed by atoms with E-state index in [9.17, 15) is 4.10 Å². The van der Waals surface area contributed by atoms with Gasteiger partial charge in [0.1, 0.15) is 0 Å². The molecule has 0 saturated carbocycles. The van der Waals surface area contributed by atoms with Crippen LogP contribution in [-0.2, 0) is 0 Å². The first kappa shape index (κ1) is 6.52. The van der Waals surface area contributed by atoms with Gasteiger partial charge in [-0.2, -0.15) is 0 Å². The standard InChI is InChI=1S/C4H11AsO/c1-4-5(2,3)6/h4H2,1-3H3/q-1. The fourth-order valence-corrected chi connectivity index (χ4v) is 0. The third-order valence-electron chi connectivity index (χ3n) is 0.762. The van der Waals surface area contributed by atoms with E-state index in [2.05, 4.69) is 0 Å². The normalized spacial score (nSPS) is 12.0. The summed E-state index contributed by atoms with van der Waals surface area (Å²) in [6.45, 7) is 1.97. The summed E-state index contributed by atoms with van der Waals surface area (Å²) >= 11 is -2.16. The molecule has 0 saturated heterocycles. The van der Waals surface area contributed by atoms with E-state index in [0.29, 0.717) is 0 Å². The van der Waals surface area contributed by atoms with Crippen molar-refractivity contribution in [3.05, 3.63) is 0 Å². The second kappa shape index (κ2) is 1.99. The number of hydrogen-bond acceptors (Lipinski definition) is 1. The first-order valence-corrected chi connectivity index (χ1v) is 7.95. The third kappa shape index (κ3) is 4.52. The van der Waals surface area contributed by atoms with Crippen LogP contribution in [0, 0.1) is 0 Å². The molecule has 0 atom stereocenters. The van der Waals surface area contributed by atoms with E-state index in [1.165, 1.54) is 0 Å². The van der Waals surface area contributed by atoms with E-state index in [1.54, 1.807) is 0 Å². The van der Waals surface area contributed by atoms with Gasteiger partial charge < -0.3 is 0 Å². The zero-order chi connectivity index (χ0) is 5.21. The van der Waals surface area contributed by atoms with E-state index < -0.39 is 13.9 Å². The van der Waals surface area contributed by atoms with Crippen LogP contribution in [0.25, 0.3) is 0 Å². The zero-order valence-electron chi connectivity index (χ0n) is 4.56. The minimum atomic E-state index is -2.16. The summed E-state index contributed by atoms with van der Waals surface area (Å²) < 4.78 is 10.6. The van der Waals surface area contributed by atoms with Gasteiger partial charge in [0.05, 0.1) is 0 Å². The molecule has 0 aromatic rings. The second-order valence-corrected chi connectivity index (χ2v) is 9.82. The quantitative estimate of drug-likeness (QED) is 0.501. The van der Waals surface area contributed by atoms with Gasteiger partial charge in [-0.15, -0.1) is 0 Å². The topological polar surface area (TPSA) is 23.1 Å². The van der Waals surface area contributed by atoms with Gasteiger partial charge in [-0.1, -0.05) is 0 Å². The summed E-state index contributed by atoms with van der Waals surface area (Å²) in [6, 6.07) is 0. The van der Waals surface area contributed by atoms with Crippen LogP contribution >= 0.6 is 0 Å². The van der Waals surface area contributed by atoms with Crippen molar-refractivity contribution in [2.45, 2.75) is 23.6 Å². The van der Waals surface area contributed by atoms with Gasteiger partial charge in [-0.05, 0) is 0 Å². The van der Waals surface area contributed by atoms with Crippen molar-refractivity contribution in [1.82, 2.24) is 0 Å².